The van der Waals surface area contributed by atoms with E-state index in [1.807, 2.05) is 31.3 Å². The van der Waals surface area contributed by atoms with Crippen LogP contribution < -0.4 is 5.32 Å². The number of aryl methyl sites for hydroxylation is 1. The molecule has 2 unspecified atom stereocenters. The van der Waals surface area contributed by atoms with Crippen molar-refractivity contribution in [1.82, 2.24) is 25.1 Å². The summed E-state index contributed by atoms with van der Waals surface area (Å²) in [6.45, 7) is 1.88. The lowest BCUT2D eigenvalue weighted by molar-refractivity contribution is 0.117. The summed E-state index contributed by atoms with van der Waals surface area (Å²) in [6, 6.07) is 6.05. The molecule has 7 heteroatoms. The molecule has 3 aromatic heterocycles. The molecular formula is C19H20N6O. The topological polar surface area (TPSA) is 103 Å². The molecule has 0 aliphatic heterocycles. The van der Waals surface area contributed by atoms with Gasteiger partial charge < -0.3 is 15.4 Å². The third kappa shape index (κ3) is 2.43. The molecule has 0 radical (unpaired) electrons. The van der Waals surface area contributed by atoms with Crippen molar-refractivity contribution in [2.24, 2.45) is 5.92 Å². The van der Waals surface area contributed by atoms with Gasteiger partial charge in [-0.2, -0.15) is 5.10 Å². The molecule has 0 fully saturated rings. The first-order chi connectivity index (χ1) is 12.7. The zero-order valence-electron chi connectivity index (χ0n) is 14.5. The van der Waals surface area contributed by atoms with Crippen molar-refractivity contribution in [3.05, 3.63) is 42.0 Å². The maximum Gasteiger partial charge on any atom is 0.143 e. The first-order valence-electron chi connectivity index (χ1n) is 8.91. The van der Waals surface area contributed by atoms with Crippen LogP contribution in [0.4, 0.5) is 11.5 Å². The summed E-state index contributed by atoms with van der Waals surface area (Å²) in [5, 5.41) is 22.6. The van der Waals surface area contributed by atoms with E-state index in [1.54, 1.807) is 6.33 Å². The molecule has 26 heavy (non-hydrogen) atoms. The first kappa shape index (κ1) is 15.3. The lowest BCUT2D eigenvalue weighted by Gasteiger charge is -2.24. The Morgan fingerprint density at radius 2 is 2.23 bits per heavy atom. The van der Waals surface area contributed by atoms with Crippen LogP contribution in [0.2, 0.25) is 0 Å². The fourth-order valence-electron chi connectivity index (χ4n) is 3.93. The monoisotopic (exact) mass is 348 g/mol. The fourth-order valence-corrected chi connectivity index (χ4v) is 3.93. The Morgan fingerprint density at radius 3 is 3.12 bits per heavy atom. The van der Waals surface area contributed by atoms with Gasteiger partial charge in [-0.1, -0.05) is 0 Å². The number of anilines is 2. The van der Waals surface area contributed by atoms with Crippen molar-refractivity contribution >= 4 is 33.4 Å². The van der Waals surface area contributed by atoms with Crippen LogP contribution in [0, 0.1) is 5.92 Å². The van der Waals surface area contributed by atoms with Crippen LogP contribution >= 0.6 is 0 Å². The number of aromatic nitrogens is 5. The summed E-state index contributed by atoms with van der Waals surface area (Å²) in [5.74, 6) is 1.07. The second-order valence-electron chi connectivity index (χ2n) is 7.07. The van der Waals surface area contributed by atoms with Crippen LogP contribution in [-0.4, -0.2) is 36.4 Å². The Bertz CT molecular complexity index is 1100. The number of aliphatic hydroxyl groups is 1. The largest absolute Gasteiger partial charge is 0.393 e. The minimum absolute atomic E-state index is 0.275. The molecular weight excluding hydrogens is 328 g/mol. The average Bonchev–Trinajstić information content (AvgIpc) is 3.25. The van der Waals surface area contributed by atoms with Gasteiger partial charge in [0.15, 0.2) is 0 Å². The Kier molecular flexibility index (Phi) is 3.43. The molecule has 4 aromatic rings. The normalized spacial score (nSPS) is 18.2. The zero-order chi connectivity index (χ0) is 17.7. The lowest BCUT2D eigenvalue weighted by atomic mass is 9.83. The van der Waals surface area contributed by atoms with E-state index in [9.17, 15) is 5.11 Å². The number of H-pyrrole nitrogens is 2. The van der Waals surface area contributed by atoms with Gasteiger partial charge in [0, 0.05) is 16.8 Å². The van der Waals surface area contributed by atoms with Crippen LogP contribution in [0.3, 0.4) is 0 Å². The highest BCUT2D eigenvalue weighted by atomic mass is 16.3. The SMILES string of the molecule is CC(O)C1CCc2[nH]c3ncnc(Nc4ccc5[nH]ncc5c4)c3c2C1. The van der Waals surface area contributed by atoms with E-state index >= 15 is 0 Å². The minimum atomic E-state index is -0.308. The predicted molar refractivity (Wildman–Crippen MR) is 100 cm³/mol. The van der Waals surface area contributed by atoms with E-state index in [0.717, 1.165) is 52.7 Å². The maximum absolute atomic E-state index is 10.0. The average molecular weight is 348 g/mol. The number of hydrogen-bond donors (Lipinski definition) is 4. The molecule has 132 valence electrons. The highest BCUT2D eigenvalue weighted by Crippen LogP contribution is 2.36. The molecule has 1 aliphatic rings. The highest BCUT2D eigenvalue weighted by Gasteiger charge is 2.27. The van der Waals surface area contributed by atoms with Crippen molar-refractivity contribution in [3.63, 3.8) is 0 Å². The molecule has 7 nitrogen and oxygen atoms in total. The molecule has 1 aliphatic carbocycles. The van der Waals surface area contributed by atoms with Gasteiger partial charge in [-0.15, -0.1) is 0 Å². The third-order valence-corrected chi connectivity index (χ3v) is 5.40. The number of nitrogens with one attached hydrogen (secondary N) is 3. The summed E-state index contributed by atoms with van der Waals surface area (Å²) in [5.41, 5.74) is 5.25. The minimum Gasteiger partial charge on any atom is -0.393 e. The Balaban J connectivity index is 1.58. The fraction of sp³-hybridized carbons (Fsp3) is 0.316. The molecule has 2 atom stereocenters. The summed E-state index contributed by atoms with van der Waals surface area (Å²) in [4.78, 5) is 12.3. The Morgan fingerprint density at radius 1 is 1.31 bits per heavy atom. The van der Waals surface area contributed by atoms with Crippen molar-refractivity contribution in [2.45, 2.75) is 32.3 Å². The van der Waals surface area contributed by atoms with Crippen LogP contribution in [-0.2, 0) is 12.8 Å². The van der Waals surface area contributed by atoms with E-state index in [4.69, 9.17) is 0 Å². The second kappa shape index (κ2) is 5.81. The van der Waals surface area contributed by atoms with Crippen molar-refractivity contribution in [3.8, 4) is 0 Å². The van der Waals surface area contributed by atoms with Gasteiger partial charge in [-0.3, -0.25) is 5.10 Å². The third-order valence-electron chi connectivity index (χ3n) is 5.40. The van der Waals surface area contributed by atoms with Gasteiger partial charge in [0.25, 0.3) is 0 Å². The van der Waals surface area contributed by atoms with Crippen LogP contribution in [0.25, 0.3) is 21.9 Å². The molecule has 0 saturated heterocycles. The van der Waals surface area contributed by atoms with Gasteiger partial charge in [-0.05, 0) is 55.9 Å². The maximum atomic E-state index is 10.0. The number of nitrogens with zero attached hydrogens (tertiary/aromatic N) is 3. The van der Waals surface area contributed by atoms with Crippen molar-refractivity contribution in [2.75, 3.05) is 5.32 Å². The predicted octanol–water partition coefficient (Wildman–Crippen LogP) is 3.06. The molecule has 0 saturated carbocycles. The van der Waals surface area contributed by atoms with E-state index in [2.05, 4.69) is 30.5 Å². The van der Waals surface area contributed by atoms with Crippen molar-refractivity contribution < 1.29 is 5.11 Å². The van der Waals surface area contributed by atoms with Gasteiger partial charge >= 0.3 is 0 Å². The molecule has 3 heterocycles. The number of benzene rings is 1. The number of fused-ring (bicyclic) bond motifs is 4. The number of aromatic amines is 2. The van der Waals surface area contributed by atoms with Crippen LogP contribution in [0.5, 0.6) is 0 Å². The van der Waals surface area contributed by atoms with E-state index in [1.165, 1.54) is 11.3 Å². The van der Waals surface area contributed by atoms with E-state index in [0.29, 0.717) is 0 Å². The summed E-state index contributed by atoms with van der Waals surface area (Å²) >= 11 is 0. The summed E-state index contributed by atoms with van der Waals surface area (Å²) in [6.07, 6.45) is 5.84. The Hall–Kier alpha value is -2.93. The van der Waals surface area contributed by atoms with Crippen LogP contribution in [0.15, 0.2) is 30.7 Å². The first-order valence-corrected chi connectivity index (χ1v) is 8.91. The van der Waals surface area contributed by atoms with Gasteiger partial charge in [0.05, 0.1) is 23.2 Å². The van der Waals surface area contributed by atoms with Gasteiger partial charge in [0.2, 0.25) is 0 Å². The lowest BCUT2D eigenvalue weighted by Crippen LogP contribution is -2.23. The standard InChI is InChI=1S/C19H20N6O/c1-10(26)11-2-4-16-14(7-11)17-18(20-9-21-19(17)24-16)23-13-3-5-15-12(6-13)8-22-25-15/h3,5-6,8-11,26H,2,4,7H2,1H3,(H,22,25)(H2,20,21,23,24). The second-order valence-corrected chi connectivity index (χ2v) is 7.07. The smallest absolute Gasteiger partial charge is 0.143 e. The molecule has 5 rings (SSSR count). The summed E-state index contributed by atoms with van der Waals surface area (Å²) < 4.78 is 0. The van der Waals surface area contributed by atoms with Crippen molar-refractivity contribution in [1.29, 1.82) is 0 Å². The molecule has 1 aromatic carbocycles. The number of rotatable bonds is 3. The quantitative estimate of drug-likeness (QED) is 0.456. The van der Waals surface area contributed by atoms with E-state index in [-0.39, 0.29) is 12.0 Å². The van der Waals surface area contributed by atoms with Crippen LogP contribution in [0.1, 0.15) is 24.6 Å². The molecule has 0 bridgehead atoms. The number of aliphatic hydroxyl groups excluding tert-OH is 1. The van der Waals surface area contributed by atoms with E-state index < -0.39 is 0 Å². The molecule has 0 amide bonds. The molecule has 4 N–H and O–H groups in total. The van der Waals surface area contributed by atoms with Gasteiger partial charge in [-0.25, -0.2) is 9.97 Å². The van der Waals surface area contributed by atoms with Gasteiger partial charge in [0.1, 0.15) is 17.8 Å². The summed E-state index contributed by atoms with van der Waals surface area (Å²) in [7, 11) is 0. The Labute approximate surface area is 149 Å². The number of hydrogen-bond acceptors (Lipinski definition) is 5. The molecule has 0 spiro atoms. The zero-order valence-corrected chi connectivity index (χ0v) is 14.5. The highest BCUT2D eigenvalue weighted by molar-refractivity contribution is 5.94.